The number of methoxy groups -OCH3 is 1. The van der Waals surface area contributed by atoms with E-state index in [9.17, 15) is 4.79 Å². The van der Waals surface area contributed by atoms with Crippen LogP contribution in [0, 0.1) is 0 Å². The first-order valence-corrected chi connectivity index (χ1v) is 8.82. The highest BCUT2D eigenvalue weighted by molar-refractivity contribution is 7.99. The third-order valence-electron chi connectivity index (χ3n) is 3.48. The number of H-pyrrole nitrogens is 1. The Morgan fingerprint density at radius 2 is 2.46 bits per heavy atom. The molecule has 1 saturated heterocycles. The molecule has 24 heavy (non-hydrogen) atoms. The van der Waals surface area contributed by atoms with E-state index in [0.29, 0.717) is 21.6 Å². The number of thioether (sulfide) groups is 1. The van der Waals surface area contributed by atoms with Crippen LogP contribution in [0.2, 0.25) is 5.02 Å². The highest BCUT2D eigenvalue weighted by atomic mass is 35.5. The van der Waals surface area contributed by atoms with Crippen molar-refractivity contribution in [2.24, 2.45) is 0 Å². The summed E-state index contributed by atoms with van der Waals surface area (Å²) < 4.78 is 10.6. The molecular formula is C15H17ClN4O3S. The molecule has 9 heteroatoms. The first-order valence-electron chi connectivity index (χ1n) is 7.46. The van der Waals surface area contributed by atoms with Crippen LogP contribution in [0.25, 0.3) is 0 Å². The fourth-order valence-corrected chi connectivity index (χ4v) is 3.19. The van der Waals surface area contributed by atoms with Crippen molar-refractivity contribution in [3.8, 4) is 5.75 Å². The standard InChI is InChI=1S/C15H17ClN4O3S/c1-22-11-5-4-9(7-10(11)16)17-13(21)8-24-15-18-14(19-20-15)12-3-2-6-23-12/h4-5,7,12H,2-3,6,8H2,1H3,(H,17,21)(H,18,19,20)/t12-/m0/s1. The van der Waals surface area contributed by atoms with Gasteiger partial charge in [0.05, 0.1) is 17.9 Å². The van der Waals surface area contributed by atoms with Crippen LogP contribution in [0.15, 0.2) is 23.4 Å². The van der Waals surface area contributed by atoms with E-state index < -0.39 is 0 Å². The number of benzene rings is 1. The summed E-state index contributed by atoms with van der Waals surface area (Å²) in [4.78, 5) is 16.4. The first-order chi connectivity index (χ1) is 11.7. The molecule has 2 heterocycles. The number of hydrogen-bond donors (Lipinski definition) is 2. The van der Waals surface area contributed by atoms with Crippen molar-refractivity contribution in [2.75, 3.05) is 24.8 Å². The van der Waals surface area contributed by atoms with Crippen molar-refractivity contribution < 1.29 is 14.3 Å². The molecule has 1 aliphatic heterocycles. The number of hydrogen-bond acceptors (Lipinski definition) is 6. The average Bonchev–Trinajstić information content (AvgIpc) is 3.24. The normalized spacial score (nSPS) is 17.0. The topological polar surface area (TPSA) is 89.1 Å². The molecule has 1 aromatic carbocycles. The van der Waals surface area contributed by atoms with E-state index in [4.69, 9.17) is 21.1 Å². The van der Waals surface area contributed by atoms with Crippen molar-refractivity contribution in [3.05, 3.63) is 29.0 Å². The number of aromatic amines is 1. The number of nitrogens with one attached hydrogen (secondary N) is 2. The molecule has 0 unspecified atom stereocenters. The Labute approximate surface area is 148 Å². The molecule has 1 aliphatic rings. The third kappa shape index (κ3) is 4.19. The van der Waals surface area contributed by atoms with Crippen LogP contribution in [-0.2, 0) is 9.53 Å². The number of carbonyl (C=O) groups excluding carboxylic acids is 1. The van der Waals surface area contributed by atoms with E-state index in [2.05, 4.69) is 20.5 Å². The van der Waals surface area contributed by atoms with Crippen LogP contribution in [0.5, 0.6) is 5.75 Å². The molecule has 7 nitrogen and oxygen atoms in total. The van der Waals surface area contributed by atoms with Gasteiger partial charge in [0.1, 0.15) is 11.9 Å². The van der Waals surface area contributed by atoms with Crippen LogP contribution < -0.4 is 10.1 Å². The van der Waals surface area contributed by atoms with E-state index in [-0.39, 0.29) is 17.8 Å². The number of aromatic nitrogens is 3. The van der Waals surface area contributed by atoms with Gasteiger partial charge in [0.2, 0.25) is 11.1 Å². The van der Waals surface area contributed by atoms with Gasteiger partial charge in [-0.15, -0.1) is 5.10 Å². The van der Waals surface area contributed by atoms with E-state index >= 15 is 0 Å². The molecule has 1 atom stereocenters. The second kappa shape index (κ2) is 7.87. The minimum Gasteiger partial charge on any atom is -0.495 e. The Kier molecular flexibility index (Phi) is 5.60. The number of amides is 1. The van der Waals surface area contributed by atoms with Gasteiger partial charge in [0.25, 0.3) is 0 Å². The van der Waals surface area contributed by atoms with Gasteiger partial charge < -0.3 is 14.8 Å². The summed E-state index contributed by atoms with van der Waals surface area (Å²) in [6, 6.07) is 5.08. The maximum absolute atomic E-state index is 12.0. The monoisotopic (exact) mass is 368 g/mol. The molecule has 2 N–H and O–H groups in total. The molecule has 3 rings (SSSR count). The summed E-state index contributed by atoms with van der Waals surface area (Å²) >= 11 is 7.29. The lowest BCUT2D eigenvalue weighted by Crippen LogP contribution is -2.14. The van der Waals surface area contributed by atoms with E-state index in [1.165, 1.54) is 18.9 Å². The van der Waals surface area contributed by atoms with Crippen molar-refractivity contribution in [1.29, 1.82) is 0 Å². The summed E-state index contributed by atoms with van der Waals surface area (Å²) in [5.74, 6) is 1.32. The molecule has 2 aromatic rings. The predicted molar refractivity (Wildman–Crippen MR) is 91.7 cm³/mol. The molecule has 0 aliphatic carbocycles. The fraction of sp³-hybridized carbons (Fsp3) is 0.400. The molecule has 0 spiro atoms. The number of nitrogens with zero attached hydrogens (tertiary/aromatic N) is 2. The van der Waals surface area contributed by atoms with E-state index in [1.54, 1.807) is 18.2 Å². The van der Waals surface area contributed by atoms with Crippen LogP contribution in [0.3, 0.4) is 0 Å². The highest BCUT2D eigenvalue weighted by Crippen LogP contribution is 2.28. The Balaban J connectivity index is 1.51. The Hall–Kier alpha value is -1.77. The van der Waals surface area contributed by atoms with Gasteiger partial charge in [0.15, 0.2) is 5.82 Å². The summed E-state index contributed by atoms with van der Waals surface area (Å²) in [6.07, 6.45) is 1.96. The lowest BCUT2D eigenvalue weighted by atomic mass is 10.2. The molecule has 1 aromatic heterocycles. The molecular weight excluding hydrogens is 352 g/mol. The number of anilines is 1. The summed E-state index contributed by atoms with van der Waals surface area (Å²) in [5, 5.41) is 10.7. The fourth-order valence-electron chi connectivity index (χ4n) is 2.33. The lowest BCUT2D eigenvalue weighted by Gasteiger charge is -2.07. The van der Waals surface area contributed by atoms with Gasteiger partial charge in [-0.25, -0.2) is 4.98 Å². The smallest absolute Gasteiger partial charge is 0.234 e. The minimum absolute atomic E-state index is 0.0119. The summed E-state index contributed by atoms with van der Waals surface area (Å²) in [5.41, 5.74) is 0.612. The number of halogens is 1. The average molecular weight is 369 g/mol. The second-order valence-corrected chi connectivity index (χ2v) is 6.54. The molecule has 1 fully saturated rings. The third-order valence-corrected chi connectivity index (χ3v) is 4.63. The summed E-state index contributed by atoms with van der Waals surface area (Å²) in [7, 11) is 1.54. The van der Waals surface area contributed by atoms with Gasteiger partial charge in [-0.3, -0.25) is 9.89 Å². The van der Waals surface area contributed by atoms with Crippen LogP contribution >= 0.6 is 23.4 Å². The van der Waals surface area contributed by atoms with Crippen LogP contribution in [-0.4, -0.2) is 40.6 Å². The number of carbonyl (C=O) groups is 1. The largest absolute Gasteiger partial charge is 0.495 e. The zero-order valence-corrected chi connectivity index (χ0v) is 14.6. The Bertz CT molecular complexity index is 718. The van der Waals surface area contributed by atoms with E-state index in [0.717, 1.165) is 25.3 Å². The molecule has 0 bridgehead atoms. The maximum atomic E-state index is 12.0. The lowest BCUT2D eigenvalue weighted by molar-refractivity contribution is -0.113. The van der Waals surface area contributed by atoms with Crippen molar-refractivity contribution in [2.45, 2.75) is 24.1 Å². The van der Waals surface area contributed by atoms with Crippen molar-refractivity contribution >= 4 is 35.0 Å². The molecule has 0 radical (unpaired) electrons. The van der Waals surface area contributed by atoms with Gasteiger partial charge in [-0.2, -0.15) is 0 Å². The van der Waals surface area contributed by atoms with Gasteiger partial charge in [-0.05, 0) is 31.0 Å². The van der Waals surface area contributed by atoms with Gasteiger partial charge in [-0.1, -0.05) is 23.4 Å². The SMILES string of the molecule is COc1ccc(NC(=O)CSc2n[nH]c([C@@H]3CCCO3)n2)cc1Cl. The predicted octanol–water partition coefficient (Wildman–Crippen LogP) is 3.05. The Morgan fingerprint density at radius 1 is 1.58 bits per heavy atom. The van der Waals surface area contributed by atoms with Gasteiger partial charge >= 0.3 is 0 Å². The number of rotatable bonds is 6. The molecule has 1 amide bonds. The van der Waals surface area contributed by atoms with Crippen LogP contribution in [0.1, 0.15) is 24.8 Å². The second-order valence-electron chi connectivity index (χ2n) is 5.19. The highest BCUT2D eigenvalue weighted by Gasteiger charge is 2.21. The molecule has 128 valence electrons. The quantitative estimate of drug-likeness (QED) is 0.762. The van der Waals surface area contributed by atoms with Gasteiger partial charge in [0, 0.05) is 12.3 Å². The minimum atomic E-state index is -0.162. The van der Waals surface area contributed by atoms with E-state index in [1.807, 2.05) is 0 Å². The van der Waals surface area contributed by atoms with Crippen molar-refractivity contribution in [3.63, 3.8) is 0 Å². The Morgan fingerprint density at radius 3 is 3.17 bits per heavy atom. The first kappa shape index (κ1) is 17.1. The van der Waals surface area contributed by atoms with Crippen LogP contribution in [0.4, 0.5) is 5.69 Å². The maximum Gasteiger partial charge on any atom is 0.234 e. The summed E-state index contributed by atoms with van der Waals surface area (Å²) in [6.45, 7) is 0.751. The number of ether oxygens (including phenoxy) is 2. The zero-order valence-electron chi connectivity index (χ0n) is 13.0. The zero-order chi connectivity index (χ0) is 16.9. The molecule has 0 saturated carbocycles. The van der Waals surface area contributed by atoms with Crippen molar-refractivity contribution in [1.82, 2.24) is 15.2 Å².